The van der Waals surface area contributed by atoms with Crippen LogP contribution in [0.4, 0.5) is 0 Å². The summed E-state index contributed by atoms with van der Waals surface area (Å²) in [6.45, 7) is 1.75. The standard InChI is InChI=1S/C14H12BrClN2O2S2/c1-8(21-10-5-3-2-4-9(10)16)13(19)17-18-14(20)11-6-7-12(15)22-11/h2-8H,1H3,(H,17,19)(H,18,20). The van der Waals surface area contributed by atoms with Gasteiger partial charge in [-0.2, -0.15) is 0 Å². The van der Waals surface area contributed by atoms with Gasteiger partial charge in [0.15, 0.2) is 0 Å². The van der Waals surface area contributed by atoms with Gasteiger partial charge < -0.3 is 0 Å². The van der Waals surface area contributed by atoms with Crippen molar-refractivity contribution in [1.29, 1.82) is 0 Å². The summed E-state index contributed by atoms with van der Waals surface area (Å²) in [5.41, 5.74) is 4.82. The van der Waals surface area contributed by atoms with Crippen LogP contribution in [0, 0.1) is 0 Å². The predicted molar refractivity (Wildman–Crippen MR) is 94.4 cm³/mol. The molecule has 1 aromatic heterocycles. The van der Waals surface area contributed by atoms with Crippen LogP contribution in [-0.2, 0) is 4.79 Å². The van der Waals surface area contributed by atoms with Crippen molar-refractivity contribution in [2.45, 2.75) is 17.1 Å². The number of carbonyl (C=O) groups excluding carboxylic acids is 2. The summed E-state index contributed by atoms with van der Waals surface area (Å²) in [7, 11) is 0. The molecule has 8 heteroatoms. The van der Waals surface area contributed by atoms with Crippen LogP contribution >= 0.6 is 50.6 Å². The van der Waals surface area contributed by atoms with E-state index in [2.05, 4.69) is 26.8 Å². The molecule has 2 N–H and O–H groups in total. The Morgan fingerprint density at radius 1 is 1.23 bits per heavy atom. The highest BCUT2D eigenvalue weighted by Gasteiger charge is 2.17. The normalized spacial score (nSPS) is 11.8. The third-order valence-corrected chi connectivity index (χ3v) is 5.85. The van der Waals surface area contributed by atoms with Gasteiger partial charge in [0, 0.05) is 4.90 Å². The summed E-state index contributed by atoms with van der Waals surface area (Å²) in [5, 5.41) is 0.204. The highest BCUT2D eigenvalue weighted by atomic mass is 79.9. The number of hydrogen-bond donors (Lipinski definition) is 2. The number of nitrogens with one attached hydrogen (secondary N) is 2. The van der Waals surface area contributed by atoms with E-state index < -0.39 is 5.25 Å². The van der Waals surface area contributed by atoms with E-state index in [9.17, 15) is 9.59 Å². The lowest BCUT2D eigenvalue weighted by atomic mass is 10.4. The summed E-state index contributed by atoms with van der Waals surface area (Å²) >= 11 is 12.0. The molecule has 0 saturated carbocycles. The number of rotatable bonds is 4. The number of benzene rings is 1. The summed E-state index contributed by atoms with van der Waals surface area (Å²) in [6, 6.07) is 10.8. The molecule has 1 atom stereocenters. The molecule has 1 heterocycles. The zero-order valence-electron chi connectivity index (χ0n) is 11.4. The fourth-order valence-corrected chi connectivity index (χ4v) is 3.94. The van der Waals surface area contributed by atoms with Crippen LogP contribution < -0.4 is 10.9 Å². The number of carbonyl (C=O) groups is 2. The third-order valence-electron chi connectivity index (χ3n) is 2.61. The Morgan fingerprint density at radius 3 is 2.59 bits per heavy atom. The molecule has 0 spiro atoms. The van der Waals surface area contributed by atoms with Gasteiger partial charge in [-0.25, -0.2) is 0 Å². The van der Waals surface area contributed by atoms with Crippen molar-refractivity contribution in [3.63, 3.8) is 0 Å². The Labute approximate surface area is 149 Å². The predicted octanol–water partition coefficient (Wildman–Crippen LogP) is 4.11. The first-order valence-corrected chi connectivity index (χ1v) is 9.11. The number of thiophene rings is 1. The van der Waals surface area contributed by atoms with Gasteiger partial charge in [0.25, 0.3) is 11.8 Å². The largest absolute Gasteiger partial charge is 0.279 e. The van der Waals surface area contributed by atoms with Crippen LogP contribution in [0.5, 0.6) is 0 Å². The Bertz CT molecular complexity index is 693. The highest BCUT2D eigenvalue weighted by molar-refractivity contribution is 9.11. The third kappa shape index (κ3) is 4.74. The lowest BCUT2D eigenvalue weighted by molar-refractivity contribution is -0.121. The smallest absolute Gasteiger partial charge is 0.272 e. The van der Waals surface area contributed by atoms with Gasteiger partial charge in [-0.05, 0) is 47.1 Å². The van der Waals surface area contributed by atoms with Crippen LogP contribution in [0.3, 0.4) is 0 Å². The quantitative estimate of drug-likeness (QED) is 0.579. The molecule has 116 valence electrons. The maximum atomic E-state index is 12.0. The Kier molecular flexibility index (Phi) is 6.31. The minimum atomic E-state index is -0.393. The van der Waals surface area contributed by atoms with E-state index in [4.69, 9.17) is 11.6 Å². The van der Waals surface area contributed by atoms with Crippen molar-refractivity contribution in [3.8, 4) is 0 Å². The second-order valence-electron chi connectivity index (χ2n) is 4.24. The van der Waals surface area contributed by atoms with E-state index in [-0.39, 0.29) is 11.8 Å². The Hall–Kier alpha value is -1.02. The number of hydrazine groups is 1. The molecule has 22 heavy (non-hydrogen) atoms. The van der Waals surface area contributed by atoms with Crippen molar-refractivity contribution < 1.29 is 9.59 Å². The van der Waals surface area contributed by atoms with E-state index in [1.807, 2.05) is 18.2 Å². The fraction of sp³-hybridized carbons (Fsp3) is 0.143. The number of hydrogen-bond acceptors (Lipinski definition) is 4. The zero-order valence-corrected chi connectivity index (χ0v) is 15.4. The van der Waals surface area contributed by atoms with Gasteiger partial charge in [0.1, 0.15) is 0 Å². The molecule has 2 aromatic rings. The summed E-state index contributed by atoms with van der Waals surface area (Å²) < 4.78 is 0.853. The fourth-order valence-electron chi connectivity index (χ4n) is 1.50. The van der Waals surface area contributed by atoms with Crippen molar-refractivity contribution >= 4 is 62.4 Å². The number of amides is 2. The molecule has 0 fully saturated rings. The van der Waals surface area contributed by atoms with Gasteiger partial charge in [-0.3, -0.25) is 20.4 Å². The minimum absolute atomic E-state index is 0.297. The summed E-state index contributed by atoms with van der Waals surface area (Å²) in [6.07, 6.45) is 0. The maximum absolute atomic E-state index is 12.0. The monoisotopic (exact) mass is 418 g/mol. The molecule has 0 radical (unpaired) electrons. The molecule has 0 bridgehead atoms. The van der Waals surface area contributed by atoms with E-state index in [1.165, 1.54) is 23.1 Å². The molecule has 0 saturated heterocycles. The first kappa shape index (κ1) is 17.3. The lowest BCUT2D eigenvalue weighted by Gasteiger charge is -2.13. The van der Waals surface area contributed by atoms with Gasteiger partial charge in [-0.15, -0.1) is 23.1 Å². The molecule has 0 aliphatic heterocycles. The minimum Gasteiger partial charge on any atom is -0.272 e. The van der Waals surface area contributed by atoms with Crippen LogP contribution in [-0.4, -0.2) is 17.1 Å². The van der Waals surface area contributed by atoms with Gasteiger partial charge >= 0.3 is 0 Å². The SMILES string of the molecule is CC(Sc1ccccc1Cl)C(=O)NNC(=O)c1ccc(Br)s1. The zero-order chi connectivity index (χ0) is 16.1. The van der Waals surface area contributed by atoms with Crippen molar-refractivity contribution in [2.75, 3.05) is 0 Å². The van der Waals surface area contributed by atoms with Crippen molar-refractivity contribution in [2.24, 2.45) is 0 Å². The van der Waals surface area contributed by atoms with E-state index >= 15 is 0 Å². The summed E-state index contributed by atoms with van der Waals surface area (Å²) in [5.74, 6) is -0.645. The summed E-state index contributed by atoms with van der Waals surface area (Å²) in [4.78, 5) is 25.2. The average Bonchev–Trinajstić information content (AvgIpc) is 2.93. The highest BCUT2D eigenvalue weighted by Crippen LogP contribution is 2.29. The van der Waals surface area contributed by atoms with Crippen molar-refractivity contribution in [3.05, 3.63) is 50.1 Å². The van der Waals surface area contributed by atoms with Crippen LogP contribution in [0.2, 0.25) is 5.02 Å². The van der Waals surface area contributed by atoms with Crippen LogP contribution in [0.25, 0.3) is 0 Å². The van der Waals surface area contributed by atoms with E-state index in [0.717, 1.165) is 8.68 Å². The molecular formula is C14H12BrClN2O2S2. The molecule has 2 rings (SSSR count). The second-order valence-corrected chi connectivity index (χ2v) is 8.49. The first-order chi connectivity index (χ1) is 10.5. The van der Waals surface area contributed by atoms with Crippen LogP contribution in [0.15, 0.2) is 45.1 Å². The van der Waals surface area contributed by atoms with Crippen LogP contribution in [0.1, 0.15) is 16.6 Å². The Balaban J connectivity index is 1.86. The maximum Gasteiger partial charge on any atom is 0.279 e. The molecule has 4 nitrogen and oxygen atoms in total. The van der Waals surface area contributed by atoms with Crippen molar-refractivity contribution in [1.82, 2.24) is 10.9 Å². The molecule has 0 aliphatic carbocycles. The second kappa shape index (κ2) is 8.01. The molecule has 1 unspecified atom stereocenters. The molecule has 2 amide bonds. The van der Waals surface area contributed by atoms with E-state index in [1.54, 1.807) is 25.1 Å². The van der Waals surface area contributed by atoms with Gasteiger partial charge in [0.2, 0.25) is 0 Å². The van der Waals surface area contributed by atoms with Gasteiger partial charge in [-0.1, -0.05) is 23.7 Å². The average molecular weight is 420 g/mol. The lowest BCUT2D eigenvalue weighted by Crippen LogP contribution is -2.44. The number of thioether (sulfide) groups is 1. The Morgan fingerprint density at radius 2 is 1.95 bits per heavy atom. The van der Waals surface area contributed by atoms with E-state index in [0.29, 0.717) is 9.90 Å². The molecule has 1 aromatic carbocycles. The number of halogens is 2. The first-order valence-electron chi connectivity index (χ1n) is 6.24. The molecule has 0 aliphatic rings. The van der Waals surface area contributed by atoms with Gasteiger partial charge in [0.05, 0.1) is 18.9 Å². The topological polar surface area (TPSA) is 58.2 Å². The molecular weight excluding hydrogens is 408 g/mol.